The van der Waals surface area contributed by atoms with Crippen molar-refractivity contribution in [2.45, 2.75) is 32.2 Å². The van der Waals surface area contributed by atoms with Gasteiger partial charge < -0.3 is 4.57 Å². The van der Waals surface area contributed by atoms with E-state index in [2.05, 4.69) is 4.72 Å². The van der Waals surface area contributed by atoms with Gasteiger partial charge in [-0.15, -0.1) is 0 Å². The average Bonchev–Trinajstić information content (AvgIpc) is 2.72. The molecule has 0 radical (unpaired) electrons. The van der Waals surface area contributed by atoms with Crippen molar-refractivity contribution in [2.75, 3.05) is 0 Å². The van der Waals surface area contributed by atoms with Crippen LogP contribution in [0.5, 0.6) is 0 Å². The van der Waals surface area contributed by atoms with Crippen LogP contribution in [-0.4, -0.2) is 18.8 Å². The van der Waals surface area contributed by atoms with Crippen molar-refractivity contribution >= 4 is 15.8 Å². The van der Waals surface area contributed by atoms with Crippen molar-refractivity contribution in [1.82, 2.24) is 9.29 Å². The molecule has 1 N–H and O–H groups in total. The zero-order valence-electron chi connectivity index (χ0n) is 13.2. The summed E-state index contributed by atoms with van der Waals surface area (Å²) >= 11 is 0. The van der Waals surface area contributed by atoms with E-state index in [4.69, 9.17) is 0 Å². The van der Waals surface area contributed by atoms with E-state index < -0.39 is 10.0 Å². The Hall–Kier alpha value is -1.92. The minimum atomic E-state index is -3.59. The predicted molar refractivity (Wildman–Crippen MR) is 85.4 cm³/mol. The van der Waals surface area contributed by atoms with E-state index in [1.54, 1.807) is 0 Å². The first-order valence-electron chi connectivity index (χ1n) is 6.95. The summed E-state index contributed by atoms with van der Waals surface area (Å²) in [4.78, 5) is 11.4. The topological polar surface area (TPSA) is 68.2 Å². The summed E-state index contributed by atoms with van der Waals surface area (Å²) in [6.45, 7) is 5.62. The minimum Gasteiger partial charge on any atom is -0.352 e. The van der Waals surface area contributed by atoms with Crippen molar-refractivity contribution < 1.29 is 13.2 Å². The Morgan fingerprint density at radius 1 is 1.18 bits per heavy atom. The van der Waals surface area contributed by atoms with Crippen LogP contribution in [0.1, 0.15) is 34.2 Å². The van der Waals surface area contributed by atoms with Crippen molar-refractivity contribution in [3.63, 3.8) is 0 Å². The van der Waals surface area contributed by atoms with Crippen LogP contribution in [0.25, 0.3) is 0 Å². The van der Waals surface area contributed by atoms with Crippen LogP contribution in [0, 0.1) is 13.8 Å². The molecule has 0 aliphatic heterocycles. The minimum absolute atomic E-state index is 0.0905. The monoisotopic (exact) mass is 320 g/mol. The molecule has 22 heavy (non-hydrogen) atoms. The zero-order chi connectivity index (χ0) is 16.5. The number of rotatable bonds is 5. The number of ketones is 1. The highest BCUT2D eigenvalue weighted by atomic mass is 32.2. The molecule has 2 rings (SSSR count). The summed E-state index contributed by atoms with van der Waals surface area (Å²) in [5.74, 6) is -0.0905. The Balaban J connectivity index is 2.17. The molecule has 0 saturated carbocycles. The molecule has 5 nitrogen and oxygen atoms in total. The second-order valence-electron chi connectivity index (χ2n) is 5.36. The van der Waals surface area contributed by atoms with Gasteiger partial charge in [0.15, 0.2) is 5.78 Å². The van der Waals surface area contributed by atoms with Gasteiger partial charge in [-0.1, -0.05) is 12.1 Å². The quantitative estimate of drug-likeness (QED) is 0.860. The highest BCUT2D eigenvalue weighted by Crippen LogP contribution is 2.15. The molecular weight excluding hydrogens is 300 g/mol. The van der Waals surface area contributed by atoms with Gasteiger partial charge in [0.05, 0.1) is 4.90 Å². The summed E-state index contributed by atoms with van der Waals surface area (Å²) in [5.41, 5.74) is 3.56. The Kier molecular flexibility index (Phi) is 4.53. The number of Topliss-reactive ketones (excluding diaryl/α,β-unsaturated/α-hetero) is 1. The lowest BCUT2D eigenvalue weighted by Gasteiger charge is -2.07. The number of nitrogens with zero attached hydrogens (tertiary/aromatic N) is 1. The summed E-state index contributed by atoms with van der Waals surface area (Å²) in [6, 6.07) is 7.91. The summed E-state index contributed by atoms with van der Waals surface area (Å²) in [6.07, 6.45) is 0. The van der Waals surface area contributed by atoms with Crippen LogP contribution < -0.4 is 4.72 Å². The van der Waals surface area contributed by atoms with E-state index in [1.165, 1.54) is 31.2 Å². The van der Waals surface area contributed by atoms with Crippen LogP contribution in [-0.2, 0) is 23.6 Å². The first-order chi connectivity index (χ1) is 10.2. The summed E-state index contributed by atoms with van der Waals surface area (Å²) in [7, 11) is -1.64. The smallest absolute Gasteiger partial charge is 0.240 e. The summed E-state index contributed by atoms with van der Waals surface area (Å²) < 4.78 is 29.2. The molecule has 0 bridgehead atoms. The standard InChI is InChI=1S/C16H20N2O3S/c1-11-9-15(12(2)18(11)4)10-17-22(20,21)16-7-5-14(6-8-16)13(3)19/h5-9,17H,10H2,1-4H3. The number of aromatic nitrogens is 1. The number of aryl methyl sites for hydroxylation is 1. The van der Waals surface area contributed by atoms with Gasteiger partial charge in [-0.2, -0.15) is 0 Å². The highest BCUT2D eigenvalue weighted by Gasteiger charge is 2.15. The number of sulfonamides is 1. The largest absolute Gasteiger partial charge is 0.352 e. The maximum absolute atomic E-state index is 12.3. The molecule has 1 aromatic carbocycles. The number of benzene rings is 1. The van der Waals surface area contributed by atoms with Crippen molar-refractivity contribution in [1.29, 1.82) is 0 Å². The average molecular weight is 320 g/mol. The molecule has 0 aliphatic carbocycles. The first kappa shape index (κ1) is 16.5. The van der Waals surface area contributed by atoms with Crippen LogP contribution >= 0.6 is 0 Å². The lowest BCUT2D eigenvalue weighted by Crippen LogP contribution is -2.23. The van der Waals surface area contributed by atoms with Gasteiger partial charge in [0.1, 0.15) is 0 Å². The van der Waals surface area contributed by atoms with Crippen LogP contribution in [0.3, 0.4) is 0 Å². The highest BCUT2D eigenvalue weighted by molar-refractivity contribution is 7.89. The lowest BCUT2D eigenvalue weighted by molar-refractivity contribution is 0.101. The fraction of sp³-hybridized carbons (Fsp3) is 0.312. The fourth-order valence-corrected chi connectivity index (χ4v) is 3.24. The molecule has 6 heteroatoms. The molecule has 118 valence electrons. The van der Waals surface area contributed by atoms with E-state index in [0.717, 1.165) is 17.0 Å². The maximum Gasteiger partial charge on any atom is 0.240 e. The van der Waals surface area contributed by atoms with Crippen LogP contribution in [0.4, 0.5) is 0 Å². The second-order valence-corrected chi connectivity index (χ2v) is 7.13. The predicted octanol–water partition coefficient (Wildman–Crippen LogP) is 2.32. The van der Waals surface area contributed by atoms with Crippen molar-refractivity contribution in [3.05, 3.63) is 52.8 Å². The van der Waals surface area contributed by atoms with Gasteiger partial charge in [0, 0.05) is 30.5 Å². The van der Waals surface area contributed by atoms with E-state index in [-0.39, 0.29) is 17.2 Å². The van der Waals surface area contributed by atoms with Crippen molar-refractivity contribution in [2.24, 2.45) is 7.05 Å². The van der Waals surface area contributed by atoms with Crippen molar-refractivity contribution in [3.8, 4) is 0 Å². The third-order valence-corrected chi connectivity index (χ3v) is 5.32. The molecule has 1 heterocycles. The number of carbonyl (C=O) groups is 1. The van der Waals surface area contributed by atoms with E-state index in [1.807, 2.05) is 31.5 Å². The van der Waals surface area contributed by atoms with Gasteiger partial charge >= 0.3 is 0 Å². The van der Waals surface area contributed by atoms with E-state index in [9.17, 15) is 13.2 Å². The lowest BCUT2D eigenvalue weighted by atomic mass is 10.2. The first-order valence-corrected chi connectivity index (χ1v) is 8.43. The Morgan fingerprint density at radius 3 is 2.23 bits per heavy atom. The molecule has 0 atom stereocenters. The number of hydrogen-bond acceptors (Lipinski definition) is 3. The molecule has 2 aromatic rings. The Bertz CT molecular complexity index is 803. The Morgan fingerprint density at radius 2 is 1.77 bits per heavy atom. The SMILES string of the molecule is CC(=O)c1ccc(S(=O)(=O)NCc2cc(C)n(C)c2C)cc1. The number of carbonyl (C=O) groups excluding carboxylic acids is 1. The number of nitrogens with one attached hydrogen (secondary N) is 1. The molecular formula is C16H20N2O3S. The summed E-state index contributed by atoms with van der Waals surface area (Å²) in [5, 5.41) is 0. The van der Waals surface area contributed by atoms with Gasteiger partial charge in [-0.3, -0.25) is 4.79 Å². The molecule has 0 aliphatic rings. The van der Waals surface area contributed by atoms with E-state index in [0.29, 0.717) is 5.56 Å². The third-order valence-electron chi connectivity index (χ3n) is 3.90. The molecule has 1 aromatic heterocycles. The molecule has 0 spiro atoms. The number of hydrogen-bond donors (Lipinski definition) is 1. The van der Waals surface area contributed by atoms with Gasteiger partial charge in [-0.05, 0) is 44.5 Å². The molecule has 0 amide bonds. The molecule has 0 unspecified atom stereocenters. The van der Waals surface area contributed by atoms with Crippen LogP contribution in [0.15, 0.2) is 35.2 Å². The molecule has 0 saturated heterocycles. The zero-order valence-corrected chi connectivity index (χ0v) is 14.0. The fourth-order valence-electron chi connectivity index (χ4n) is 2.24. The second kappa shape index (κ2) is 6.06. The van der Waals surface area contributed by atoms with Gasteiger partial charge in [-0.25, -0.2) is 13.1 Å². The Labute approximate surface area is 131 Å². The molecule has 0 fully saturated rings. The van der Waals surface area contributed by atoms with E-state index >= 15 is 0 Å². The van der Waals surface area contributed by atoms with Gasteiger partial charge in [0.25, 0.3) is 0 Å². The van der Waals surface area contributed by atoms with Crippen LogP contribution in [0.2, 0.25) is 0 Å². The third kappa shape index (κ3) is 3.28. The van der Waals surface area contributed by atoms with Gasteiger partial charge in [0.2, 0.25) is 10.0 Å². The normalized spacial score (nSPS) is 11.6. The maximum atomic E-state index is 12.3.